The largest absolute Gasteiger partial charge is 0.360 e. The molecule has 19 heavy (non-hydrogen) atoms. The molecule has 0 spiro atoms. The van der Waals surface area contributed by atoms with Gasteiger partial charge in [-0.15, -0.1) is 0 Å². The number of hydrogen-bond donors (Lipinski definition) is 5. The van der Waals surface area contributed by atoms with Crippen LogP contribution in [0.15, 0.2) is 30.5 Å². The van der Waals surface area contributed by atoms with Crippen molar-refractivity contribution < 1.29 is 14.8 Å². The van der Waals surface area contributed by atoms with Gasteiger partial charge in [0.2, 0.25) is 0 Å². The number of hydroxylamine groups is 1. The van der Waals surface area contributed by atoms with Gasteiger partial charge in [0.15, 0.2) is 0 Å². The van der Waals surface area contributed by atoms with E-state index in [4.69, 9.17) is 10.9 Å². The van der Waals surface area contributed by atoms with Gasteiger partial charge in [-0.05, 0) is 6.07 Å². The average molecular weight is 262 g/mol. The lowest BCUT2D eigenvalue weighted by Crippen LogP contribution is -2.50. The number of hydrogen-bond acceptors (Lipinski definition) is 4. The van der Waals surface area contributed by atoms with Crippen LogP contribution in [0.5, 0.6) is 0 Å². The summed E-state index contributed by atoms with van der Waals surface area (Å²) in [6.45, 7) is -0.111. The summed E-state index contributed by atoms with van der Waals surface area (Å²) in [6, 6.07) is 6.32. The molecule has 1 atom stereocenters. The van der Waals surface area contributed by atoms with Crippen LogP contribution < -0.4 is 16.5 Å². The van der Waals surface area contributed by atoms with Crippen LogP contribution >= 0.6 is 0 Å². The van der Waals surface area contributed by atoms with Crippen molar-refractivity contribution in [1.29, 1.82) is 0 Å². The highest BCUT2D eigenvalue weighted by molar-refractivity contribution is 6.07. The highest BCUT2D eigenvalue weighted by Gasteiger charge is 2.20. The van der Waals surface area contributed by atoms with Crippen molar-refractivity contribution in [2.24, 2.45) is 5.73 Å². The summed E-state index contributed by atoms with van der Waals surface area (Å²) in [4.78, 5) is 26.3. The number of nitrogens with one attached hydrogen (secondary N) is 3. The third-order valence-corrected chi connectivity index (χ3v) is 2.80. The van der Waals surface area contributed by atoms with Gasteiger partial charge in [0.25, 0.3) is 11.8 Å². The van der Waals surface area contributed by atoms with Gasteiger partial charge in [-0.1, -0.05) is 18.2 Å². The summed E-state index contributed by atoms with van der Waals surface area (Å²) < 4.78 is 0. The SMILES string of the molecule is NCC(NC(=O)c1c[nH]c2ccccc12)C(=O)NO. The number of carbonyl (C=O) groups is 2. The third kappa shape index (κ3) is 2.56. The van der Waals surface area contributed by atoms with Crippen LogP contribution in [0.1, 0.15) is 10.4 Å². The fourth-order valence-corrected chi connectivity index (χ4v) is 1.80. The molecule has 0 radical (unpaired) electrons. The van der Waals surface area contributed by atoms with Crippen LogP contribution in [-0.2, 0) is 4.79 Å². The molecule has 0 fully saturated rings. The van der Waals surface area contributed by atoms with Crippen molar-refractivity contribution in [3.05, 3.63) is 36.0 Å². The van der Waals surface area contributed by atoms with Gasteiger partial charge in [-0.25, -0.2) is 5.48 Å². The Hall–Kier alpha value is -2.38. The lowest BCUT2D eigenvalue weighted by molar-refractivity contribution is -0.130. The van der Waals surface area contributed by atoms with Gasteiger partial charge in [-0.2, -0.15) is 0 Å². The second kappa shape index (κ2) is 5.51. The van der Waals surface area contributed by atoms with E-state index in [1.807, 2.05) is 18.2 Å². The van der Waals surface area contributed by atoms with Crippen LogP contribution in [-0.4, -0.2) is 34.6 Å². The molecule has 0 aliphatic heterocycles. The summed E-state index contributed by atoms with van der Waals surface area (Å²) in [6.07, 6.45) is 1.56. The monoisotopic (exact) mass is 262 g/mol. The molecule has 1 heterocycles. The Morgan fingerprint density at radius 3 is 2.79 bits per heavy atom. The number of carbonyl (C=O) groups excluding carboxylic acids is 2. The molecular weight excluding hydrogens is 248 g/mol. The van der Waals surface area contributed by atoms with Crippen molar-refractivity contribution in [2.45, 2.75) is 6.04 Å². The first kappa shape index (κ1) is 13.1. The molecular formula is C12H14N4O3. The maximum atomic E-state index is 12.1. The molecule has 0 saturated carbocycles. The Labute approximate surface area is 108 Å². The minimum atomic E-state index is -0.980. The second-order valence-corrected chi connectivity index (χ2v) is 3.99. The number of aromatic amines is 1. The maximum Gasteiger partial charge on any atom is 0.267 e. The van der Waals surface area contributed by atoms with Crippen molar-refractivity contribution in [3.63, 3.8) is 0 Å². The molecule has 0 aliphatic carbocycles. The Morgan fingerprint density at radius 1 is 1.37 bits per heavy atom. The maximum absolute atomic E-state index is 12.1. The van der Waals surface area contributed by atoms with E-state index in [0.29, 0.717) is 5.56 Å². The summed E-state index contributed by atoms with van der Waals surface area (Å²) in [5, 5.41) is 11.7. The lowest BCUT2D eigenvalue weighted by atomic mass is 10.1. The predicted molar refractivity (Wildman–Crippen MR) is 68.5 cm³/mol. The molecule has 0 aliphatic rings. The van der Waals surface area contributed by atoms with E-state index in [2.05, 4.69) is 10.3 Å². The third-order valence-electron chi connectivity index (χ3n) is 2.80. The Morgan fingerprint density at radius 2 is 2.11 bits per heavy atom. The number of benzene rings is 1. The van der Waals surface area contributed by atoms with Crippen molar-refractivity contribution in [1.82, 2.24) is 15.8 Å². The molecule has 7 nitrogen and oxygen atoms in total. The summed E-state index contributed by atoms with van der Waals surface area (Å²) in [5.74, 6) is -1.19. The number of para-hydroxylation sites is 1. The predicted octanol–water partition coefficient (Wildman–Crippen LogP) is -0.270. The molecule has 2 amide bonds. The molecule has 1 aromatic carbocycles. The number of H-pyrrole nitrogens is 1. The molecule has 6 N–H and O–H groups in total. The van der Waals surface area contributed by atoms with Crippen LogP contribution in [0, 0.1) is 0 Å². The topological polar surface area (TPSA) is 120 Å². The fraction of sp³-hybridized carbons (Fsp3) is 0.167. The number of amides is 2. The van der Waals surface area contributed by atoms with Crippen LogP contribution in [0.3, 0.4) is 0 Å². The van der Waals surface area contributed by atoms with E-state index >= 15 is 0 Å². The van der Waals surface area contributed by atoms with E-state index in [1.54, 1.807) is 12.3 Å². The first-order valence-corrected chi connectivity index (χ1v) is 5.68. The van der Waals surface area contributed by atoms with Crippen molar-refractivity contribution in [2.75, 3.05) is 6.54 Å². The fourth-order valence-electron chi connectivity index (χ4n) is 1.80. The molecule has 1 aromatic heterocycles. The molecule has 0 saturated heterocycles. The zero-order valence-corrected chi connectivity index (χ0v) is 10.0. The van der Waals surface area contributed by atoms with Gasteiger partial charge in [0.05, 0.1) is 5.56 Å². The first-order chi connectivity index (χ1) is 9.17. The van der Waals surface area contributed by atoms with E-state index in [0.717, 1.165) is 10.9 Å². The van der Waals surface area contributed by atoms with Crippen molar-refractivity contribution >= 4 is 22.7 Å². The van der Waals surface area contributed by atoms with Gasteiger partial charge in [0.1, 0.15) is 6.04 Å². The normalized spacial score (nSPS) is 12.1. The second-order valence-electron chi connectivity index (χ2n) is 3.99. The quantitative estimate of drug-likeness (QED) is 0.385. The van der Waals surface area contributed by atoms with E-state index in [-0.39, 0.29) is 6.54 Å². The van der Waals surface area contributed by atoms with Gasteiger partial charge < -0.3 is 16.0 Å². The Balaban J connectivity index is 2.22. The van der Waals surface area contributed by atoms with E-state index < -0.39 is 17.9 Å². The zero-order valence-electron chi connectivity index (χ0n) is 10.0. The summed E-state index contributed by atoms with van der Waals surface area (Å²) in [5.41, 5.74) is 8.07. The highest BCUT2D eigenvalue weighted by atomic mass is 16.5. The lowest BCUT2D eigenvalue weighted by Gasteiger charge is -2.14. The number of fused-ring (bicyclic) bond motifs is 1. The van der Waals surface area contributed by atoms with Crippen LogP contribution in [0.25, 0.3) is 10.9 Å². The highest BCUT2D eigenvalue weighted by Crippen LogP contribution is 2.17. The Kier molecular flexibility index (Phi) is 3.79. The number of aromatic nitrogens is 1. The minimum Gasteiger partial charge on any atom is -0.360 e. The average Bonchev–Trinajstić information content (AvgIpc) is 2.87. The number of nitrogens with two attached hydrogens (primary N) is 1. The number of rotatable bonds is 4. The van der Waals surface area contributed by atoms with Gasteiger partial charge in [0, 0.05) is 23.6 Å². The van der Waals surface area contributed by atoms with E-state index in [9.17, 15) is 9.59 Å². The standard InChI is InChI=1S/C12H14N4O3/c13-5-10(12(18)16-19)15-11(17)8-6-14-9-4-2-1-3-7(8)9/h1-4,6,10,14,19H,5,13H2,(H,15,17)(H,16,18). The van der Waals surface area contributed by atoms with Crippen molar-refractivity contribution in [3.8, 4) is 0 Å². The van der Waals surface area contributed by atoms with Gasteiger partial charge >= 0.3 is 0 Å². The van der Waals surface area contributed by atoms with E-state index in [1.165, 1.54) is 5.48 Å². The summed E-state index contributed by atoms with van der Waals surface area (Å²) in [7, 11) is 0. The van der Waals surface area contributed by atoms with Crippen LogP contribution in [0.4, 0.5) is 0 Å². The summed E-state index contributed by atoms with van der Waals surface area (Å²) >= 11 is 0. The molecule has 2 rings (SSSR count). The van der Waals surface area contributed by atoms with Gasteiger partial charge in [-0.3, -0.25) is 14.8 Å². The smallest absolute Gasteiger partial charge is 0.267 e. The first-order valence-electron chi connectivity index (χ1n) is 5.68. The Bertz CT molecular complexity index is 608. The molecule has 0 bridgehead atoms. The zero-order chi connectivity index (χ0) is 13.8. The molecule has 2 aromatic rings. The molecule has 7 heteroatoms. The minimum absolute atomic E-state index is 0.111. The molecule has 100 valence electrons. The molecule has 1 unspecified atom stereocenters. The van der Waals surface area contributed by atoms with Crippen LogP contribution in [0.2, 0.25) is 0 Å².